The van der Waals surface area contributed by atoms with E-state index in [-0.39, 0.29) is 12.3 Å². The fourth-order valence-electron chi connectivity index (χ4n) is 2.61. The molecule has 3 rings (SSSR count). The third-order valence-corrected chi connectivity index (χ3v) is 4.19. The number of nitrogens with zero attached hydrogens (tertiary/aromatic N) is 1. The van der Waals surface area contributed by atoms with Crippen molar-refractivity contribution in [3.63, 3.8) is 0 Å². The van der Waals surface area contributed by atoms with Crippen molar-refractivity contribution >= 4 is 5.91 Å². The van der Waals surface area contributed by atoms with Gasteiger partial charge in [0, 0.05) is 24.5 Å². The summed E-state index contributed by atoms with van der Waals surface area (Å²) in [7, 11) is 0. The van der Waals surface area contributed by atoms with Crippen molar-refractivity contribution in [3.05, 3.63) is 95.3 Å². The molecule has 0 saturated heterocycles. The zero-order valence-corrected chi connectivity index (χ0v) is 15.4. The first kappa shape index (κ1) is 20.4. The number of halogens is 3. The molecule has 0 bridgehead atoms. The van der Waals surface area contributed by atoms with E-state index in [4.69, 9.17) is 4.74 Å². The van der Waals surface area contributed by atoms with Gasteiger partial charge in [0.1, 0.15) is 12.4 Å². The first-order chi connectivity index (χ1) is 13.9. The number of alkyl halides is 3. The quantitative estimate of drug-likeness (QED) is 0.634. The molecule has 0 aliphatic rings. The lowest BCUT2D eigenvalue weighted by molar-refractivity contribution is -0.137. The van der Waals surface area contributed by atoms with Gasteiger partial charge in [0.15, 0.2) is 0 Å². The molecule has 0 radical (unpaired) electrons. The zero-order valence-electron chi connectivity index (χ0n) is 15.4. The predicted octanol–water partition coefficient (Wildman–Crippen LogP) is 4.54. The number of benzene rings is 2. The van der Waals surface area contributed by atoms with Gasteiger partial charge in [0.05, 0.1) is 12.0 Å². The second-order valence-corrected chi connectivity index (χ2v) is 6.44. The van der Waals surface area contributed by atoms with Crippen LogP contribution in [0.25, 0.3) is 0 Å². The summed E-state index contributed by atoms with van der Waals surface area (Å²) in [5.74, 6) is 0.440. The van der Waals surface area contributed by atoms with Crippen LogP contribution in [0.3, 0.4) is 0 Å². The molecule has 7 heteroatoms. The van der Waals surface area contributed by atoms with E-state index in [0.29, 0.717) is 24.5 Å². The van der Waals surface area contributed by atoms with E-state index in [2.05, 4.69) is 10.3 Å². The Bertz CT molecular complexity index is 925. The molecule has 1 amide bonds. The molecule has 4 nitrogen and oxygen atoms in total. The van der Waals surface area contributed by atoms with E-state index < -0.39 is 11.7 Å². The van der Waals surface area contributed by atoms with E-state index in [9.17, 15) is 18.0 Å². The van der Waals surface area contributed by atoms with Gasteiger partial charge in [0.2, 0.25) is 5.91 Å². The van der Waals surface area contributed by atoms with Crippen LogP contribution in [0.4, 0.5) is 13.2 Å². The minimum Gasteiger partial charge on any atom is -0.489 e. The van der Waals surface area contributed by atoms with Crippen molar-refractivity contribution in [2.45, 2.75) is 25.7 Å². The predicted molar refractivity (Wildman–Crippen MR) is 102 cm³/mol. The summed E-state index contributed by atoms with van der Waals surface area (Å²) in [6.07, 6.45) is -0.927. The molecule has 1 aromatic heterocycles. The van der Waals surface area contributed by atoms with Crippen molar-refractivity contribution in [2.75, 3.05) is 0 Å². The van der Waals surface area contributed by atoms with Crippen LogP contribution in [0.1, 0.15) is 22.3 Å². The van der Waals surface area contributed by atoms with Gasteiger partial charge in [-0.25, -0.2) is 0 Å². The fourth-order valence-corrected chi connectivity index (χ4v) is 2.61. The Morgan fingerprint density at radius 2 is 1.62 bits per heavy atom. The van der Waals surface area contributed by atoms with Crippen molar-refractivity contribution in [1.29, 1.82) is 0 Å². The fraction of sp³-hybridized carbons (Fsp3) is 0.182. The van der Waals surface area contributed by atoms with E-state index in [1.54, 1.807) is 12.4 Å². The lowest BCUT2D eigenvalue weighted by atomic mass is 10.1. The Labute approximate surface area is 166 Å². The smallest absolute Gasteiger partial charge is 0.416 e. The molecule has 2 aromatic carbocycles. The summed E-state index contributed by atoms with van der Waals surface area (Å²) in [5.41, 5.74) is 1.65. The largest absolute Gasteiger partial charge is 0.489 e. The van der Waals surface area contributed by atoms with Crippen molar-refractivity contribution in [2.24, 2.45) is 0 Å². The van der Waals surface area contributed by atoms with Crippen LogP contribution < -0.4 is 10.1 Å². The lowest BCUT2D eigenvalue weighted by Gasteiger charge is -2.09. The second-order valence-electron chi connectivity index (χ2n) is 6.44. The molecule has 0 fully saturated rings. The van der Waals surface area contributed by atoms with Crippen molar-refractivity contribution < 1.29 is 22.7 Å². The molecule has 0 unspecified atom stereocenters. The Kier molecular flexibility index (Phi) is 6.49. The van der Waals surface area contributed by atoms with Crippen LogP contribution in [-0.4, -0.2) is 10.9 Å². The van der Waals surface area contributed by atoms with Crippen LogP contribution in [0.5, 0.6) is 5.75 Å². The Morgan fingerprint density at radius 1 is 0.931 bits per heavy atom. The highest BCUT2D eigenvalue weighted by molar-refractivity contribution is 5.78. The number of amides is 1. The highest BCUT2D eigenvalue weighted by Crippen LogP contribution is 2.29. The maximum atomic E-state index is 12.6. The van der Waals surface area contributed by atoms with Crippen LogP contribution in [0, 0.1) is 0 Å². The minimum atomic E-state index is -4.38. The number of carbonyl (C=O) groups excluding carboxylic acids is 1. The Morgan fingerprint density at radius 3 is 2.24 bits per heavy atom. The normalized spacial score (nSPS) is 11.1. The molecule has 150 valence electrons. The lowest BCUT2D eigenvalue weighted by Crippen LogP contribution is -2.24. The van der Waals surface area contributed by atoms with Gasteiger partial charge in [-0.1, -0.05) is 30.3 Å². The van der Waals surface area contributed by atoms with Gasteiger partial charge >= 0.3 is 6.18 Å². The maximum absolute atomic E-state index is 12.6. The van der Waals surface area contributed by atoms with Crippen LogP contribution in [0.15, 0.2) is 73.1 Å². The molecule has 0 aliphatic heterocycles. The number of hydrogen-bond acceptors (Lipinski definition) is 3. The highest BCUT2D eigenvalue weighted by atomic mass is 19.4. The minimum absolute atomic E-state index is 0.0183. The first-order valence-electron chi connectivity index (χ1n) is 8.93. The van der Waals surface area contributed by atoms with Crippen molar-refractivity contribution in [1.82, 2.24) is 10.3 Å². The molecule has 29 heavy (non-hydrogen) atoms. The third-order valence-electron chi connectivity index (χ3n) is 4.19. The number of nitrogens with one attached hydrogen (secondary N) is 1. The summed E-state index contributed by atoms with van der Waals surface area (Å²) in [6, 6.07) is 15.7. The maximum Gasteiger partial charge on any atom is 0.416 e. The van der Waals surface area contributed by atoms with E-state index in [1.807, 2.05) is 36.4 Å². The number of rotatable bonds is 7. The highest BCUT2D eigenvalue weighted by Gasteiger charge is 2.29. The molecule has 0 atom stereocenters. The van der Waals surface area contributed by atoms with Gasteiger partial charge in [-0.05, 0) is 41.5 Å². The topological polar surface area (TPSA) is 51.2 Å². The summed E-state index contributed by atoms with van der Waals surface area (Å²) in [4.78, 5) is 16.1. The summed E-state index contributed by atoms with van der Waals surface area (Å²) < 4.78 is 43.4. The monoisotopic (exact) mass is 400 g/mol. The molecule has 1 heterocycles. The molecular formula is C22H19F3N2O2. The van der Waals surface area contributed by atoms with Crippen LogP contribution >= 0.6 is 0 Å². The van der Waals surface area contributed by atoms with E-state index in [1.165, 1.54) is 12.1 Å². The molecule has 0 aliphatic carbocycles. The van der Waals surface area contributed by atoms with E-state index in [0.717, 1.165) is 23.3 Å². The van der Waals surface area contributed by atoms with Gasteiger partial charge in [-0.2, -0.15) is 13.2 Å². The molecule has 3 aromatic rings. The Hall–Kier alpha value is -3.35. The number of pyridine rings is 1. The number of carbonyl (C=O) groups is 1. The molecule has 0 saturated carbocycles. The molecule has 1 N–H and O–H groups in total. The average Bonchev–Trinajstić information content (AvgIpc) is 2.72. The third kappa shape index (κ3) is 6.34. The summed E-state index contributed by atoms with van der Waals surface area (Å²) >= 11 is 0. The SMILES string of the molecule is O=C(Cc1ccc(C(F)(F)F)cc1)NCc1ccc(OCc2cccnc2)cc1. The van der Waals surface area contributed by atoms with Gasteiger partial charge in [0.25, 0.3) is 0 Å². The molecular weight excluding hydrogens is 381 g/mol. The average molecular weight is 400 g/mol. The summed E-state index contributed by atoms with van der Waals surface area (Å²) in [6.45, 7) is 0.736. The van der Waals surface area contributed by atoms with Gasteiger partial charge in [-0.3, -0.25) is 9.78 Å². The first-order valence-corrected chi connectivity index (χ1v) is 8.93. The van der Waals surface area contributed by atoms with Crippen molar-refractivity contribution in [3.8, 4) is 5.75 Å². The number of ether oxygens (including phenoxy) is 1. The van der Waals surface area contributed by atoms with E-state index >= 15 is 0 Å². The zero-order chi connectivity index (χ0) is 20.7. The standard InChI is InChI=1S/C22H19F3N2O2/c23-22(24,25)19-7-3-16(4-8-19)12-21(28)27-14-17-5-9-20(10-6-17)29-15-18-2-1-11-26-13-18/h1-11,13H,12,14-15H2,(H,27,28). The van der Waals surface area contributed by atoms with Crippen LogP contribution in [-0.2, 0) is 30.5 Å². The number of hydrogen-bond donors (Lipinski definition) is 1. The number of aromatic nitrogens is 1. The molecule has 0 spiro atoms. The Balaban J connectivity index is 1.45. The van der Waals surface area contributed by atoms with Crippen LogP contribution in [0.2, 0.25) is 0 Å². The summed E-state index contributed by atoms with van der Waals surface area (Å²) in [5, 5.41) is 2.76. The second kappa shape index (κ2) is 9.23. The van der Waals surface area contributed by atoms with Gasteiger partial charge < -0.3 is 10.1 Å². The van der Waals surface area contributed by atoms with Gasteiger partial charge in [-0.15, -0.1) is 0 Å².